The van der Waals surface area contributed by atoms with Crippen LogP contribution in [0.1, 0.15) is 27.2 Å². The van der Waals surface area contributed by atoms with Crippen molar-refractivity contribution < 1.29 is 9.53 Å². The lowest BCUT2D eigenvalue weighted by atomic mass is 10.3. The molecule has 0 fully saturated rings. The highest BCUT2D eigenvalue weighted by molar-refractivity contribution is 5.92. The lowest BCUT2D eigenvalue weighted by Gasteiger charge is -2.16. The van der Waals surface area contributed by atoms with Gasteiger partial charge in [0.25, 0.3) is 0 Å². The average molecular weight is 171 g/mol. The molecule has 1 unspecified atom stereocenters. The highest BCUT2D eigenvalue weighted by atomic mass is 16.5. The van der Waals surface area contributed by atoms with Crippen LogP contribution < -0.4 is 5.32 Å². The van der Waals surface area contributed by atoms with Gasteiger partial charge < -0.3 is 10.1 Å². The van der Waals surface area contributed by atoms with Crippen LogP contribution in [0.2, 0.25) is 0 Å². The Bertz CT molecular complexity index is 166. The highest BCUT2D eigenvalue weighted by Crippen LogP contribution is 1.95. The van der Waals surface area contributed by atoms with E-state index in [-0.39, 0.29) is 12.1 Å². The maximum Gasteiger partial charge on any atom is 0.248 e. The predicted octanol–water partition coefficient (Wildman–Crippen LogP) is 1.45. The first kappa shape index (κ1) is 11.2. The molecule has 3 nitrogen and oxygen atoms in total. The molecule has 0 aliphatic rings. The van der Waals surface area contributed by atoms with Crippen LogP contribution in [0.15, 0.2) is 12.2 Å². The highest BCUT2D eigenvalue weighted by Gasteiger charge is 2.09. The van der Waals surface area contributed by atoms with Gasteiger partial charge >= 0.3 is 0 Å². The average Bonchev–Trinajstić information content (AvgIpc) is 2.03. The molecule has 1 atom stereocenters. The van der Waals surface area contributed by atoms with Gasteiger partial charge in [0.2, 0.25) is 5.91 Å². The van der Waals surface area contributed by atoms with Crippen LogP contribution >= 0.6 is 0 Å². The molecule has 0 aromatic rings. The predicted molar refractivity (Wildman–Crippen MR) is 48.7 cm³/mol. The molecule has 0 bridgehead atoms. The van der Waals surface area contributed by atoms with E-state index >= 15 is 0 Å². The summed E-state index contributed by atoms with van der Waals surface area (Å²) in [5.74, 6) is -0.143. The van der Waals surface area contributed by atoms with Crippen molar-refractivity contribution in [2.75, 3.05) is 6.61 Å². The molecule has 12 heavy (non-hydrogen) atoms. The summed E-state index contributed by atoms with van der Waals surface area (Å²) >= 11 is 0. The number of amides is 1. The van der Waals surface area contributed by atoms with E-state index in [1.165, 1.54) is 0 Å². The molecule has 0 aromatic carbocycles. The summed E-state index contributed by atoms with van der Waals surface area (Å²) in [5, 5.41) is 2.71. The minimum Gasteiger partial charge on any atom is -0.359 e. The van der Waals surface area contributed by atoms with E-state index in [1.807, 2.05) is 13.8 Å². The molecule has 70 valence electrons. The first-order valence-electron chi connectivity index (χ1n) is 4.19. The Labute approximate surface area is 73.8 Å². The molecule has 0 heterocycles. The van der Waals surface area contributed by atoms with Crippen molar-refractivity contribution in [2.24, 2.45) is 0 Å². The fourth-order valence-corrected chi connectivity index (χ4v) is 0.732. The molecule has 0 radical (unpaired) electrons. The van der Waals surface area contributed by atoms with Crippen molar-refractivity contribution in [1.29, 1.82) is 0 Å². The molecule has 0 spiro atoms. The number of carbonyl (C=O) groups excluding carboxylic acids is 1. The number of rotatable bonds is 5. The van der Waals surface area contributed by atoms with Gasteiger partial charge in [-0.15, -0.1) is 0 Å². The minimum atomic E-state index is -0.181. The van der Waals surface area contributed by atoms with Crippen LogP contribution in [0.3, 0.4) is 0 Å². The molecular weight excluding hydrogens is 154 g/mol. The van der Waals surface area contributed by atoms with Crippen molar-refractivity contribution in [3.05, 3.63) is 12.2 Å². The zero-order chi connectivity index (χ0) is 9.56. The summed E-state index contributed by atoms with van der Waals surface area (Å²) in [4.78, 5) is 11.1. The summed E-state index contributed by atoms with van der Waals surface area (Å²) in [5.41, 5.74) is 0.508. The molecule has 1 N–H and O–H groups in total. The van der Waals surface area contributed by atoms with Gasteiger partial charge in [-0.2, -0.15) is 0 Å². The molecule has 0 saturated heterocycles. The van der Waals surface area contributed by atoms with Crippen LogP contribution in [-0.4, -0.2) is 18.7 Å². The molecule has 0 aromatic heterocycles. The summed E-state index contributed by atoms with van der Waals surface area (Å²) in [7, 11) is 0. The Hall–Kier alpha value is -0.830. The van der Waals surface area contributed by atoms with Crippen LogP contribution in [0.5, 0.6) is 0 Å². The molecule has 1 amide bonds. The quantitative estimate of drug-likeness (QED) is 0.502. The van der Waals surface area contributed by atoms with Crippen LogP contribution in [0, 0.1) is 0 Å². The Morgan fingerprint density at radius 3 is 2.50 bits per heavy atom. The first-order chi connectivity index (χ1) is 5.61. The Kier molecular flexibility index (Phi) is 5.37. The normalized spacial score (nSPS) is 12.2. The Morgan fingerprint density at radius 2 is 2.17 bits per heavy atom. The maximum atomic E-state index is 11.1. The van der Waals surface area contributed by atoms with Crippen molar-refractivity contribution in [3.8, 4) is 0 Å². The van der Waals surface area contributed by atoms with E-state index in [0.717, 1.165) is 6.42 Å². The van der Waals surface area contributed by atoms with E-state index in [9.17, 15) is 4.79 Å². The fourth-order valence-electron chi connectivity index (χ4n) is 0.732. The van der Waals surface area contributed by atoms with E-state index in [2.05, 4.69) is 11.9 Å². The second kappa shape index (κ2) is 5.77. The molecule has 0 saturated carbocycles. The standard InChI is InChI=1S/C9H17NO2/c1-5-8(12-6-2)10-9(11)7(3)4/h8H,3,5-6H2,1-2,4H3,(H,10,11). The van der Waals surface area contributed by atoms with Gasteiger partial charge in [-0.1, -0.05) is 13.5 Å². The third-order valence-corrected chi connectivity index (χ3v) is 1.42. The van der Waals surface area contributed by atoms with Crippen LogP contribution in [-0.2, 0) is 9.53 Å². The minimum absolute atomic E-state index is 0.143. The summed E-state index contributed by atoms with van der Waals surface area (Å²) in [6, 6.07) is 0. The fraction of sp³-hybridized carbons (Fsp3) is 0.667. The number of nitrogens with one attached hydrogen (secondary N) is 1. The Balaban J connectivity index is 3.85. The van der Waals surface area contributed by atoms with E-state index in [4.69, 9.17) is 4.74 Å². The molecule has 0 aliphatic heterocycles. The van der Waals surface area contributed by atoms with Crippen molar-refractivity contribution in [1.82, 2.24) is 5.32 Å². The van der Waals surface area contributed by atoms with Crippen molar-refractivity contribution in [2.45, 2.75) is 33.4 Å². The van der Waals surface area contributed by atoms with E-state index in [0.29, 0.717) is 12.2 Å². The SMILES string of the molecule is C=C(C)C(=O)NC(CC)OCC. The topological polar surface area (TPSA) is 38.3 Å². The summed E-state index contributed by atoms with van der Waals surface area (Å²) < 4.78 is 5.24. The summed E-state index contributed by atoms with van der Waals surface area (Å²) in [6.45, 7) is 9.67. The van der Waals surface area contributed by atoms with Crippen LogP contribution in [0.4, 0.5) is 0 Å². The third kappa shape index (κ3) is 4.13. The van der Waals surface area contributed by atoms with Crippen molar-refractivity contribution in [3.63, 3.8) is 0 Å². The Morgan fingerprint density at radius 1 is 1.58 bits per heavy atom. The van der Waals surface area contributed by atoms with Crippen molar-refractivity contribution >= 4 is 5.91 Å². The zero-order valence-electron chi connectivity index (χ0n) is 8.02. The molecule has 3 heteroatoms. The molecular formula is C9H17NO2. The monoisotopic (exact) mass is 171 g/mol. The van der Waals surface area contributed by atoms with Gasteiger partial charge in [0.05, 0.1) is 0 Å². The van der Waals surface area contributed by atoms with Gasteiger partial charge in [-0.05, 0) is 20.3 Å². The largest absolute Gasteiger partial charge is 0.359 e. The lowest BCUT2D eigenvalue weighted by Crippen LogP contribution is -2.36. The number of hydrogen-bond acceptors (Lipinski definition) is 2. The third-order valence-electron chi connectivity index (χ3n) is 1.42. The van der Waals surface area contributed by atoms with Gasteiger partial charge in [-0.3, -0.25) is 4.79 Å². The van der Waals surface area contributed by atoms with Gasteiger partial charge in [0.1, 0.15) is 6.23 Å². The van der Waals surface area contributed by atoms with Gasteiger partial charge in [0.15, 0.2) is 0 Å². The zero-order valence-corrected chi connectivity index (χ0v) is 8.02. The first-order valence-corrected chi connectivity index (χ1v) is 4.19. The second-order valence-electron chi connectivity index (χ2n) is 2.61. The van der Waals surface area contributed by atoms with Gasteiger partial charge in [-0.25, -0.2) is 0 Å². The van der Waals surface area contributed by atoms with E-state index < -0.39 is 0 Å². The molecule has 0 aliphatic carbocycles. The lowest BCUT2D eigenvalue weighted by molar-refractivity contribution is -0.121. The number of hydrogen-bond donors (Lipinski definition) is 1. The second-order valence-corrected chi connectivity index (χ2v) is 2.61. The summed E-state index contributed by atoms with van der Waals surface area (Å²) in [6.07, 6.45) is 0.589. The smallest absolute Gasteiger partial charge is 0.248 e. The maximum absolute atomic E-state index is 11.1. The van der Waals surface area contributed by atoms with Crippen LogP contribution in [0.25, 0.3) is 0 Å². The van der Waals surface area contributed by atoms with E-state index in [1.54, 1.807) is 6.92 Å². The van der Waals surface area contributed by atoms with Gasteiger partial charge in [0, 0.05) is 12.2 Å². The number of carbonyl (C=O) groups is 1. The number of ether oxygens (including phenoxy) is 1. The molecule has 0 rings (SSSR count).